The maximum absolute atomic E-state index is 13.6. The fraction of sp³-hybridized carbons (Fsp3) is 0.533. The Bertz CT molecular complexity index is 435. The Labute approximate surface area is 102 Å². The smallest absolute Gasteiger partial charge is 0.126 e. The van der Waals surface area contributed by atoms with Crippen molar-refractivity contribution in [2.45, 2.75) is 39.0 Å². The van der Waals surface area contributed by atoms with Crippen molar-refractivity contribution in [1.82, 2.24) is 0 Å². The van der Waals surface area contributed by atoms with Gasteiger partial charge >= 0.3 is 0 Å². The highest BCUT2D eigenvalue weighted by Gasteiger charge is 2.35. The van der Waals surface area contributed by atoms with E-state index in [9.17, 15) is 9.65 Å². The zero-order valence-electron chi connectivity index (χ0n) is 10.2. The van der Waals surface area contributed by atoms with Gasteiger partial charge in [-0.3, -0.25) is 0 Å². The van der Waals surface area contributed by atoms with Crippen LogP contribution >= 0.6 is 0 Å². The fourth-order valence-corrected chi connectivity index (χ4v) is 2.97. The monoisotopic (exact) mass is 231 g/mol. The van der Waals surface area contributed by atoms with Crippen LogP contribution < -0.4 is 0 Å². The molecule has 0 radical (unpaired) electrons. The molecule has 0 amide bonds. The average molecular weight is 231 g/mol. The van der Waals surface area contributed by atoms with Crippen LogP contribution in [0.5, 0.6) is 0 Å². The minimum absolute atomic E-state index is 0.180. The zero-order chi connectivity index (χ0) is 12.3. The predicted octanol–water partition coefficient (Wildman–Crippen LogP) is 4.09. The number of hydrogen-bond acceptors (Lipinski definition) is 1. The molecular formula is C15H18FN. The van der Waals surface area contributed by atoms with E-state index in [0.717, 1.165) is 19.3 Å². The van der Waals surface area contributed by atoms with Gasteiger partial charge in [0.2, 0.25) is 0 Å². The molecule has 0 N–H and O–H groups in total. The van der Waals surface area contributed by atoms with E-state index in [1.807, 2.05) is 6.07 Å². The maximum atomic E-state index is 13.6. The van der Waals surface area contributed by atoms with Crippen molar-refractivity contribution >= 4 is 0 Å². The van der Waals surface area contributed by atoms with Crippen LogP contribution in [0.1, 0.15) is 38.2 Å². The summed E-state index contributed by atoms with van der Waals surface area (Å²) in [6.07, 6.45) is 4.64. The van der Waals surface area contributed by atoms with Crippen LogP contribution in [-0.2, 0) is 6.42 Å². The molecule has 1 fully saturated rings. The molecule has 1 aromatic rings. The lowest BCUT2D eigenvalue weighted by Crippen LogP contribution is -2.29. The van der Waals surface area contributed by atoms with E-state index in [1.165, 1.54) is 12.5 Å². The molecular weight excluding hydrogens is 213 g/mol. The van der Waals surface area contributed by atoms with Gasteiger partial charge in [0.25, 0.3) is 0 Å². The Balaban J connectivity index is 2.20. The van der Waals surface area contributed by atoms with Gasteiger partial charge in [-0.1, -0.05) is 38.0 Å². The molecule has 2 rings (SSSR count). The molecule has 0 aliphatic heterocycles. The zero-order valence-corrected chi connectivity index (χ0v) is 10.2. The molecule has 1 aromatic carbocycles. The number of nitrogens with zero attached hydrogens (tertiary/aromatic N) is 1. The SMILES string of the molecule is CC1CCCC(C#N)(Cc2ccccc2F)C1. The van der Waals surface area contributed by atoms with Crippen LogP contribution in [0.2, 0.25) is 0 Å². The summed E-state index contributed by atoms with van der Waals surface area (Å²) in [4.78, 5) is 0. The van der Waals surface area contributed by atoms with Crippen molar-refractivity contribution in [3.05, 3.63) is 35.6 Å². The van der Waals surface area contributed by atoms with Gasteiger partial charge in [-0.15, -0.1) is 0 Å². The van der Waals surface area contributed by atoms with Crippen molar-refractivity contribution in [1.29, 1.82) is 5.26 Å². The van der Waals surface area contributed by atoms with Gasteiger partial charge in [0.1, 0.15) is 5.82 Å². The van der Waals surface area contributed by atoms with E-state index >= 15 is 0 Å². The molecule has 0 aromatic heterocycles. The van der Waals surface area contributed by atoms with E-state index in [0.29, 0.717) is 17.9 Å². The summed E-state index contributed by atoms with van der Waals surface area (Å²) in [5.41, 5.74) is 0.336. The first-order valence-electron chi connectivity index (χ1n) is 6.30. The molecule has 2 heteroatoms. The summed E-state index contributed by atoms with van der Waals surface area (Å²) in [5.74, 6) is 0.399. The topological polar surface area (TPSA) is 23.8 Å². The Hall–Kier alpha value is -1.36. The van der Waals surface area contributed by atoms with Crippen molar-refractivity contribution in [3.63, 3.8) is 0 Å². The van der Waals surface area contributed by atoms with Crippen LogP contribution in [0.4, 0.5) is 4.39 Å². The van der Waals surface area contributed by atoms with Gasteiger partial charge in [-0.2, -0.15) is 5.26 Å². The number of hydrogen-bond donors (Lipinski definition) is 0. The molecule has 90 valence electrons. The largest absolute Gasteiger partial charge is 0.207 e. The highest BCUT2D eigenvalue weighted by molar-refractivity contribution is 5.21. The minimum atomic E-state index is -0.347. The van der Waals surface area contributed by atoms with Crippen LogP contribution in [0.3, 0.4) is 0 Å². The lowest BCUT2D eigenvalue weighted by Gasteiger charge is -2.34. The van der Waals surface area contributed by atoms with Crippen LogP contribution in [0.15, 0.2) is 24.3 Å². The molecule has 0 spiro atoms. The molecule has 2 unspecified atom stereocenters. The molecule has 1 saturated carbocycles. The molecule has 0 heterocycles. The van der Waals surface area contributed by atoms with Gasteiger partial charge in [-0.25, -0.2) is 4.39 Å². The van der Waals surface area contributed by atoms with Gasteiger partial charge in [-0.05, 0) is 36.8 Å². The van der Waals surface area contributed by atoms with E-state index in [-0.39, 0.29) is 11.2 Å². The van der Waals surface area contributed by atoms with Gasteiger partial charge in [0.05, 0.1) is 11.5 Å². The number of nitriles is 1. The lowest BCUT2D eigenvalue weighted by molar-refractivity contribution is 0.208. The van der Waals surface area contributed by atoms with Gasteiger partial charge in [0.15, 0.2) is 0 Å². The quantitative estimate of drug-likeness (QED) is 0.752. The van der Waals surface area contributed by atoms with Crippen molar-refractivity contribution < 1.29 is 4.39 Å². The van der Waals surface area contributed by atoms with Crippen LogP contribution in [0, 0.1) is 28.5 Å². The highest BCUT2D eigenvalue weighted by Crippen LogP contribution is 2.41. The predicted molar refractivity (Wildman–Crippen MR) is 65.8 cm³/mol. The lowest BCUT2D eigenvalue weighted by atomic mass is 9.68. The summed E-state index contributed by atoms with van der Waals surface area (Å²) in [5, 5.41) is 9.44. The third kappa shape index (κ3) is 2.66. The van der Waals surface area contributed by atoms with E-state index in [4.69, 9.17) is 0 Å². The maximum Gasteiger partial charge on any atom is 0.126 e. The van der Waals surface area contributed by atoms with Crippen molar-refractivity contribution in [2.24, 2.45) is 11.3 Å². The number of halogens is 1. The first-order valence-corrected chi connectivity index (χ1v) is 6.30. The Morgan fingerprint density at radius 3 is 2.88 bits per heavy atom. The van der Waals surface area contributed by atoms with E-state index in [2.05, 4.69) is 13.0 Å². The second-order valence-electron chi connectivity index (χ2n) is 5.36. The van der Waals surface area contributed by atoms with Crippen LogP contribution in [-0.4, -0.2) is 0 Å². The Morgan fingerprint density at radius 1 is 1.47 bits per heavy atom. The van der Waals surface area contributed by atoms with E-state index in [1.54, 1.807) is 12.1 Å². The Morgan fingerprint density at radius 2 is 2.24 bits per heavy atom. The highest BCUT2D eigenvalue weighted by atomic mass is 19.1. The second-order valence-corrected chi connectivity index (χ2v) is 5.36. The summed E-state index contributed by atoms with van der Waals surface area (Å²) in [6, 6.07) is 9.27. The second kappa shape index (κ2) is 4.87. The molecule has 17 heavy (non-hydrogen) atoms. The third-order valence-corrected chi connectivity index (χ3v) is 3.82. The van der Waals surface area contributed by atoms with Gasteiger partial charge in [0, 0.05) is 0 Å². The molecule has 1 nitrogen and oxygen atoms in total. The van der Waals surface area contributed by atoms with Crippen molar-refractivity contribution in [2.75, 3.05) is 0 Å². The molecule has 0 saturated heterocycles. The van der Waals surface area contributed by atoms with E-state index < -0.39 is 0 Å². The summed E-state index contributed by atoms with van der Waals surface area (Å²) < 4.78 is 13.6. The molecule has 1 aliphatic rings. The van der Waals surface area contributed by atoms with Crippen molar-refractivity contribution in [3.8, 4) is 6.07 Å². The summed E-state index contributed by atoms with van der Waals surface area (Å²) >= 11 is 0. The third-order valence-electron chi connectivity index (χ3n) is 3.82. The Kier molecular flexibility index (Phi) is 3.47. The normalized spacial score (nSPS) is 28.6. The van der Waals surface area contributed by atoms with Gasteiger partial charge < -0.3 is 0 Å². The standard InChI is InChI=1S/C15H18FN/c1-12-5-4-8-15(9-12,11-17)10-13-6-2-3-7-14(13)16/h2-3,6-7,12H,4-5,8-10H2,1H3. The summed E-state index contributed by atoms with van der Waals surface area (Å²) in [6.45, 7) is 2.19. The minimum Gasteiger partial charge on any atom is -0.207 e. The first-order chi connectivity index (χ1) is 8.15. The molecule has 1 aliphatic carbocycles. The number of rotatable bonds is 2. The van der Waals surface area contributed by atoms with Crippen LogP contribution in [0.25, 0.3) is 0 Å². The average Bonchev–Trinajstić information content (AvgIpc) is 2.32. The number of benzene rings is 1. The summed E-state index contributed by atoms with van der Waals surface area (Å²) in [7, 11) is 0. The first kappa shape index (κ1) is 12.1. The molecule has 0 bridgehead atoms. The fourth-order valence-electron chi connectivity index (χ4n) is 2.97. The molecule has 2 atom stereocenters.